The molecule has 1 fully saturated rings. The molecule has 0 unspecified atom stereocenters. The summed E-state index contributed by atoms with van der Waals surface area (Å²) >= 11 is 1.67. The van der Waals surface area contributed by atoms with Gasteiger partial charge in [-0.3, -0.25) is 0 Å². The number of aromatic nitrogens is 2. The molecule has 9 nitrogen and oxygen atoms in total. The molecule has 2 N–H and O–H groups in total. The Kier molecular flexibility index (Phi) is 5.84. The molecule has 174 valence electrons. The number of piperidine rings is 1. The number of rotatable bonds is 6. The highest BCUT2D eigenvalue weighted by Gasteiger charge is 2.25. The number of hydrogen-bond acceptors (Lipinski definition) is 9. The van der Waals surface area contributed by atoms with Crippen molar-refractivity contribution in [2.75, 3.05) is 36.6 Å². The van der Waals surface area contributed by atoms with Gasteiger partial charge in [0.1, 0.15) is 16.8 Å². The van der Waals surface area contributed by atoms with Crippen LogP contribution in [0.4, 0.5) is 16.6 Å². The number of aryl methyl sites for hydroxylation is 2. The van der Waals surface area contributed by atoms with E-state index in [1.165, 1.54) is 10.4 Å². The summed E-state index contributed by atoms with van der Waals surface area (Å²) in [5.74, 6) is 3.08. The first-order valence-corrected chi connectivity index (χ1v) is 11.8. The van der Waals surface area contributed by atoms with Crippen LogP contribution in [0.5, 0.6) is 11.5 Å². The van der Waals surface area contributed by atoms with E-state index in [-0.39, 0.29) is 12.9 Å². The van der Waals surface area contributed by atoms with Crippen molar-refractivity contribution in [1.29, 1.82) is 0 Å². The Hall–Kier alpha value is -3.27. The van der Waals surface area contributed by atoms with E-state index in [9.17, 15) is 4.79 Å². The van der Waals surface area contributed by atoms with E-state index in [0.717, 1.165) is 39.5 Å². The highest BCUT2D eigenvalue weighted by Crippen LogP contribution is 2.36. The minimum Gasteiger partial charge on any atom is -0.454 e. The van der Waals surface area contributed by atoms with Gasteiger partial charge in [0.25, 0.3) is 0 Å². The van der Waals surface area contributed by atoms with Gasteiger partial charge < -0.3 is 29.5 Å². The normalized spacial score (nSPS) is 15.8. The Balaban J connectivity index is 1.33. The molecule has 0 bridgehead atoms. The molecule has 4 heterocycles. The molecule has 3 aromatic rings. The van der Waals surface area contributed by atoms with Gasteiger partial charge in [-0.2, -0.15) is 4.98 Å². The number of carboxylic acid groups (broad SMARTS) is 1. The van der Waals surface area contributed by atoms with Gasteiger partial charge in [0, 0.05) is 37.4 Å². The summed E-state index contributed by atoms with van der Waals surface area (Å²) in [7, 11) is 0. The molecule has 1 aromatic carbocycles. The smallest absolute Gasteiger partial charge is 0.454 e. The van der Waals surface area contributed by atoms with Crippen molar-refractivity contribution in [2.24, 2.45) is 0 Å². The Morgan fingerprint density at radius 1 is 1.24 bits per heavy atom. The average molecular weight is 471 g/mol. The number of anilines is 2. The predicted molar refractivity (Wildman–Crippen MR) is 126 cm³/mol. The predicted octanol–water partition coefficient (Wildman–Crippen LogP) is 4.35. The van der Waals surface area contributed by atoms with Gasteiger partial charge in [-0.05, 0) is 43.5 Å². The molecule has 0 radical (unpaired) electrons. The van der Waals surface area contributed by atoms with Gasteiger partial charge >= 0.3 is 6.16 Å². The van der Waals surface area contributed by atoms with Crippen molar-refractivity contribution in [3.63, 3.8) is 0 Å². The van der Waals surface area contributed by atoms with E-state index >= 15 is 0 Å². The minimum atomic E-state index is -1.22. The van der Waals surface area contributed by atoms with Crippen LogP contribution in [0, 0.1) is 13.8 Å². The quantitative estimate of drug-likeness (QED) is 0.508. The SMILES string of the molecule is Cc1sc2nc(N3CCC(OC(=O)O)CC3)nc(NCCc3ccc4c(c3)OCO4)c2c1C. The first-order chi connectivity index (χ1) is 16.0. The zero-order valence-corrected chi connectivity index (χ0v) is 19.4. The molecule has 0 spiro atoms. The van der Waals surface area contributed by atoms with Crippen LogP contribution in [0.3, 0.4) is 0 Å². The number of thiophene rings is 1. The second-order valence-electron chi connectivity index (χ2n) is 8.27. The third kappa shape index (κ3) is 4.47. The number of nitrogens with one attached hydrogen (secondary N) is 1. The summed E-state index contributed by atoms with van der Waals surface area (Å²) in [6, 6.07) is 6.02. The molecule has 2 aliphatic heterocycles. The van der Waals surface area contributed by atoms with Gasteiger partial charge in [0.2, 0.25) is 12.7 Å². The zero-order valence-electron chi connectivity index (χ0n) is 18.6. The van der Waals surface area contributed by atoms with E-state index in [1.807, 2.05) is 12.1 Å². The molecular formula is C23H26N4O5S. The van der Waals surface area contributed by atoms with Crippen LogP contribution in [-0.4, -0.2) is 53.8 Å². The average Bonchev–Trinajstić information content (AvgIpc) is 3.37. The lowest BCUT2D eigenvalue weighted by Crippen LogP contribution is -2.38. The number of benzene rings is 1. The van der Waals surface area contributed by atoms with Gasteiger partial charge in [0.05, 0.1) is 5.39 Å². The molecule has 2 aromatic heterocycles. The summed E-state index contributed by atoms with van der Waals surface area (Å²) in [6.07, 6.45) is 0.585. The zero-order chi connectivity index (χ0) is 22.9. The topological polar surface area (TPSA) is 106 Å². The fourth-order valence-electron chi connectivity index (χ4n) is 4.25. The largest absolute Gasteiger partial charge is 0.506 e. The van der Waals surface area contributed by atoms with Gasteiger partial charge in [-0.15, -0.1) is 11.3 Å². The second kappa shape index (κ2) is 8.93. The van der Waals surface area contributed by atoms with Crippen molar-refractivity contribution in [3.8, 4) is 11.5 Å². The van der Waals surface area contributed by atoms with Crippen molar-refractivity contribution in [2.45, 2.75) is 39.2 Å². The van der Waals surface area contributed by atoms with Crippen molar-refractivity contribution in [3.05, 3.63) is 34.2 Å². The third-order valence-corrected chi connectivity index (χ3v) is 7.25. The Morgan fingerprint density at radius 3 is 2.82 bits per heavy atom. The van der Waals surface area contributed by atoms with Gasteiger partial charge in [-0.1, -0.05) is 6.07 Å². The first-order valence-electron chi connectivity index (χ1n) is 11.0. The highest BCUT2D eigenvalue weighted by molar-refractivity contribution is 7.18. The first kappa shape index (κ1) is 21.6. The molecule has 33 heavy (non-hydrogen) atoms. The van der Waals surface area contributed by atoms with Gasteiger partial charge in [-0.25, -0.2) is 9.78 Å². The van der Waals surface area contributed by atoms with E-state index in [1.54, 1.807) is 11.3 Å². The van der Waals surface area contributed by atoms with Gasteiger partial charge in [0.15, 0.2) is 11.5 Å². The van der Waals surface area contributed by atoms with Crippen molar-refractivity contribution in [1.82, 2.24) is 9.97 Å². The van der Waals surface area contributed by atoms with Crippen LogP contribution < -0.4 is 19.7 Å². The Labute approximate surface area is 195 Å². The maximum Gasteiger partial charge on any atom is 0.506 e. The standard InChI is InChI=1S/C23H26N4O5S/c1-13-14(2)33-21-19(13)20(24-8-5-15-3-4-17-18(11-15)31-12-30-17)25-22(26-21)27-9-6-16(7-10-27)32-23(28)29/h3-4,11,16H,5-10,12H2,1-2H3,(H,28,29)(H,24,25,26). The summed E-state index contributed by atoms with van der Waals surface area (Å²) < 4.78 is 15.8. The summed E-state index contributed by atoms with van der Waals surface area (Å²) in [6.45, 7) is 6.51. The van der Waals surface area contributed by atoms with Crippen LogP contribution >= 0.6 is 11.3 Å². The second-order valence-corrected chi connectivity index (χ2v) is 9.47. The lowest BCUT2D eigenvalue weighted by molar-refractivity contribution is 0.0415. The number of hydrogen-bond donors (Lipinski definition) is 2. The fourth-order valence-corrected chi connectivity index (χ4v) is 5.27. The van der Waals surface area contributed by atoms with E-state index in [0.29, 0.717) is 38.4 Å². The van der Waals surface area contributed by atoms with Crippen LogP contribution in [0.2, 0.25) is 0 Å². The summed E-state index contributed by atoms with van der Waals surface area (Å²) in [4.78, 5) is 24.8. The number of fused-ring (bicyclic) bond motifs is 2. The van der Waals surface area contributed by atoms with Crippen LogP contribution in [-0.2, 0) is 11.2 Å². The molecule has 0 saturated carbocycles. The molecule has 0 atom stereocenters. The lowest BCUT2D eigenvalue weighted by Gasteiger charge is -2.31. The molecule has 10 heteroatoms. The summed E-state index contributed by atoms with van der Waals surface area (Å²) in [5, 5.41) is 13.5. The number of carbonyl (C=O) groups is 1. The maximum atomic E-state index is 10.8. The van der Waals surface area contributed by atoms with Crippen molar-refractivity contribution < 1.29 is 24.1 Å². The Bertz CT molecular complexity index is 1190. The highest BCUT2D eigenvalue weighted by atomic mass is 32.1. The molecule has 2 aliphatic rings. The molecule has 1 saturated heterocycles. The van der Waals surface area contributed by atoms with E-state index < -0.39 is 6.16 Å². The summed E-state index contributed by atoms with van der Waals surface area (Å²) in [5.41, 5.74) is 2.36. The molecule has 0 aliphatic carbocycles. The monoisotopic (exact) mass is 470 g/mol. The molecule has 0 amide bonds. The third-order valence-electron chi connectivity index (χ3n) is 6.15. The number of ether oxygens (including phenoxy) is 3. The van der Waals surface area contributed by atoms with E-state index in [2.05, 4.69) is 30.1 Å². The van der Waals surface area contributed by atoms with E-state index in [4.69, 9.17) is 29.3 Å². The van der Waals surface area contributed by atoms with Crippen LogP contribution in [0.1, 0.15) is 28.8 Å². The Morgan fingerprint density at radius 2 is 2.03 bits per heavy atom. The fraction of sp³-hybridized carbons (Fsp3) is 0.435. The number of nitrogens with zero attached hydrogens (tertiary/aromatic N) is 3. The lowest BCUT2D eigenvalue weighted by atomic mass is 10.1. The molecule has 5 rings (SSSR count). The van der Waals surface area contributed by atoms with Crippen LogP contribution in [0.25, 0.3) is 10.2 Å². The molecular weight excluding hydrogens is 444 g/mol. The minimum absolute atomic E-state index is 0.270. The maximum absolute atomic E-state index is 10.8. The van der Waals surface area contributed by atoms with Crippen molar-refractivity contribution >= 4 is 39.5 Å². The van der Waals surface area contributed by atoms with Crippen LogP contribution in [0.15, 0.2) is 18.2 Å².